The molecule has 2 rings (SSSR count). The fourth-order valence-electron chi connectivity index (χ4n) is 2.85. The Labute approximate surface area is 110 Å². The van der Waals surface area contributed by atoms with Crippen molar-refractivity contribution in [1.29, 1.82) is 0 Å². The zero-order valence-corrected chi connectivity index (χ0v) is 11.9. The van der Waals surface area contributed by atoms with E-state index in [1.807, 2.05) is 4.90 Å². The van der Waals surface area contributed by atoms with Gasteiger partial charge in [-0.1, -0.05) is 13.8 Å². The third-order valence-electron chi connectivity index (χ3n) is 4.18. The largest absolute Gasteiger partial charge is 0.383 e. The van der Waals surface area contributed by atoms with Gasteiger partial charge in [0, 0.05) is 19.7 Å². The van der Waals surface area contributed by atoms with Crippen molar-refractivity contribution in [2.75, 3.05) is 26.8 Å². The van der Waals surface area contributed by atoms with E-state index in [1.54, 1.807) is 7.11 Å². The average Bonchev–Trinajstić information content (AvgIpc) is 3.13. The Morgan fingerprint density at radius 2 is 2.17 bits per heavy atom. The minimum absolute atomic E-state index is 0.0243. The Morgan fingerprint density at radius 3 is 2.72 bits per heavy atom. The fourth-order valence-corrected chi connectivity index (χ4v) is 2.85. The van der Waals surface area contributed by atoms with Crippen LogP contribution in [-0.4, -0.2) is 49.7 Å². The van der Waals surface area contributed by atoms with Gasteiger partial charge in [-0.15, -0.1) is 0 Å². The van der Waals surface area contributed by atoms with Crippen LogP contribution in [0.4, 0.5) is 0 Å². The van der Waals surface area contributed by atoms with E-state index in [4.69, 9.17) is 4.74 Å². The van der Waals surface area contributed by atoms with Crippen LogP contribution < -0.4 is 5.32 Å². The van der Waals surface area contributed by atoms with Gasteiger partial charge in [-0.2, -0.15) is 0 Å². The van der Waals surface area contributed by atoms with Gasteiger partial charge in [-0.3, -0.25) is 4.79 Å². The molecule has 104 valence electrons. The van der Waals surface area contributed by atoms with Crippen LogP contribution in [0.2, 0.25) is 0 Å². The van der Waals surface area contributed by atoms with Crippen LogP contribution in [0.3, 0.4) is 0 Å². The molecule has 0 aromatic carbocycles. The molecule has 1 saturated heterocycles. The maximum atomic E-state index is 12.7. The predicted molar refractivity (Wildman–Crippen MR) is 71.4 cm³/mol. The number of nitrogens with zero attached hydrogens (tertiary/aromatic N) is 1. The monoisotopic (exact) mass is 254 g/mol. The van der Waals surface area contributed by atoms with Crippen LogP contribution >= 0.6 is 0 Å². The smallest absolute Gasteiger partial charge is 0.240 e. The van der Waals surface area contributed by atoms with Crippen LogP contribution in [0.15, 0.2) is 0 Å². The van der Waals surface area contributed by atoms with Gasteiger partial charge in [0.05, 0.1) is 12.6 Å². The molecule has 0 bridgehead atoms. The molecule has 0 radical (unpaired) electrons. The van der Waals surface area contributed by atoms with Crippen molar-refractivity contribution in [3.63, 3.8) is 0 Å². The lowest BCUT2D eigenvalue weighted by atomic mass is 9.77. The molecule has 1 atom stereocenters. The zero-order valence-electron chi connectivity index (χ0n) is 11.9. The van der Waals surface area contributed by atoms with Crippen LogP contribution in [-0.2, 0) is 9.53 Å². The summed E-state index contributed by atoms with van der Waals surface area (Å²) in [5, 5.41) is 3.42. The second-order valence-electron chi connectivity index (χ2n) is 6.23. The summed E-state index contributed by atoms with van der Waals surface area (Å²) < 4.78 is 5.13. The van der Waals surface area contributed by atoms with Gasteiger partial charge in [0.1, 0.15) is 0 Å². The second kappa shape index (κ2) is 5.57. The highest BCUT2D eigenvalue weighted by Gasteiger charge is 2.42. The SMILES string of the molecule is COCCN(C(=O)C1NCCCC1(C)C)C1CC1. The Morgan fingerprint density at radius 1 is 1.44 bits per heavy atom. The van der Waals surface area contributed by atoms with Gasteiger partial charge in [-0.25, -0.2) is 0 Å². The molecule has 0 aromatic rings. The number of carbonyl (C=O) groups is 1. The molecule has 1 aliphatic carbocycles. The van der Waals surface area contributed by atoms with Crippen molar-refractivity contribution in [3.05, 3.63) is 0 Å². The molecule has 0 spiro atoms. The predicted octanol–water partition coefficient (Wildman–Crippen LogP) is 1.40. The van der Waals surface area contributed by atoms with Gasteiger partial charge < -0.3 is 15.0 Å². The van der Waals surface area contributed by atoms with E-state index in [-0.39, 0.29) is 17.4 Å². The molecular weight excluding hydrogens is 228 g/mol. The molecule has 1 heterocycles. The molecule has 18 heavy (non-hydrogen) atoms. The normalized spacial score (nSPS) is 26.9. The Balaban J connectivity index is 2.02. The summed E-state index contributed by atoms with van der Waals surface area (Å²) in [7, 11) is 1.69. The summed E-state index contributed by atoms with van der Waals surface area (Å²) in [6.45, 7) is 6.72. The first-order chi connectivity index (χ1) is 8.56. The Hall–Kier alpha value is -0.610. The van der Waals surface area contributed by atoms with E-state index in [0.29, 0.717) is 12.6 Å². The average molecular weight is 254 g/mol. The van der Waals surface area contributed by atoms with E-state index in [9.17, 15) is 4.79 Å². The van der Waals surface area contributed by atoms with Gasteiger partial charge in [-0.05, 0) is 37.6 Å². The molecule has 1 unspecified atom stereocenters. The molecule has 4 heteroatoms. The van der Waals surface area contributed by atoms with Gasteiger partial charge in [0.2, 0.25) is 5.91 Å². The lowest BCUT2D eigenvalue weighted by Gasteiger charge is -2.41. The number of rotatable bonds is 5. The van der Waals surface area contributed by atoms with Gasteiger partial charge >= 0.3 is 0 Å². The lowest BCUT2D eigenvalue weighted by Crippen LogP contribution is -2.57. The van der Waals surface area contributed by atoms with Crippen molar-refractivity contribution < 1.29 is 9.53 Å². The highest BCUT2D eigenvalue weighted by Crippen LogP contribution is 2.34. The second-order valence-corrected chi connectivity index (χ2v) is 6.23. The van der Waals surface area contributed by atoms with Crippen LogP contribution in [0.1, 0.15) is 39.5 Å². The van der Waals surface area contributed by atoms with E-state index in [2.05, 4.69) is 19.2 Å². The minimum Gasteiger partial charge on any atom is -0.383 e. The summed E-state index contributed by atoms with van der Waals surface area (Å²) in [6.07, 6.45) is 4.60. The summed E-state index contributed by atoms with van der Waals surface area (Å²) in [5.74, 6) is 0.277. The molecule has 0 aromatic heterocycles. The first kappa shape index (κ1) is 13.8. The standard InChI is InChI=1S/C14H26N2O2/c1-14(2)7-4-8-15-12(14)13(17)16(9-10-18-3)11-5-6-11/h11-12,15H,4-10H2,1-3H3. The minimum atomic E-state index is -0.0243. The van der Waals surface area contributed by atoms with Crippen molar-refractivity contribution >= 4 is 5.91 Å². The molecule has 1 saturated carbocycles. The highest BCUT2D eigenvalue weighted by atomic mass is 16.5. The molecule has 2 fully saturated rings. The zero-order chi connectivity index (χ0) is 13.2. The molecule has 1 aliphatic heterocycles. The van der Waals surface area contributed by atoms with E-state index in [1.165, 1.54) is 0 Å². The van der Waals surface area contributed by atoms with Crippen molar-refractivity contribution in [2.24, 2.45) is 5.41 Å². The molecular formula is C14H26N2O2. The highest BCUT2D eigenvalue weighted by molar-refractivity contribution is 5.83. The topological polar surface area (TPSA) is 41.6 Å². The number of methoxy groups -OCH3 is 1. The van der Waals surface area contributed by atoms with Gasteiger partial charge in [0.15, 0.2) is 0 Å². The molecule has 4 nitrogen and oxygen atoms in total. The first-order valence-corrected chi connectivity index (χ1v) is 7.09. The lowest BCUT2D eigenvalue weighted by molar-refractivity contribution is -0.138. The maximum Gasteiger partial charge on any atom is 0.240 e. The molecule has 1 N–H and O–H groups in total. The quantitative estimate of drug-likeness (QED) is 0.806. The summed E-state index contributed by atoms with van der Waals surface area (Å²) in [4.78, 5) is 14.7. The molecule has 2 aliphatic rings. The number of piperidine rings is 1. The van der Waals surface area contributed by atoms with Gasteiger partial charge in [0.25, 0.3) is 0 Å². The number of hydrogen-bond acceptors (Lipinski definition) is 3. The third kappa shape index (κ3) is 3.04. The number of nitrogens with one attached hydrogen (secondary N) is 1. The summed E-state index contributed by atoms with van der Waals surface area (Å²) in [6, 6.07) is 0.441. The van der Waals surface area contributed by atoms with Crippen LogP contribution in [0, 0.1) is 5.41 Å². The van der Waals surface area contributed by atoms with Crippen LogP contribution in [0.5, 0.6) is 0 Å². The fraction of sp³-hybridized carbons (Fsp3) is 0.929. The van der Waals surface area contributed by atoms with E-state index >= 15 is 0 Å². The summed E-state index contributed by atoms with van der Waals surface area (Å²) in [5.41, 5.74) is 0.0650. The van der Waals surface area contributed by atoms with Crippen molar-refractivity contribution in [1.82, 2.24) is 10.2 Å². The number of carbonyl (C=O) groups excluding carboxylic acids is 1. The number of amides is 1. The van der Waals surface area contributed by atoms with Crippen molar-refractivity contribution in [2.45, 2.75) is 51.6 Å². The van der Waals surface area contributed by atoms with Crippen LogP contribution in [0.25, 0.3) is 0 Å². The maximum absolute atomic E-state index is 12.7. The first-order valence-electron chi connectivity index (χ1n) is 7.09. The number of hydrogen-bond donors (Lipinski definition) is 1. The van der Waals surface area contributed by atoms with Crippen molar-refractivity contribution in [3.8, 4) is 0 Å². The van der Waals surface area contributed by atoms with E-state index < -0.39 is 0 Å². The summed E-state index contributed by atoms with van der Waals surface area (Å²) >= 11 is 0. The number of ether oxygens (including phenoxy) is 1. The van der Waals surface area contributed by atoms with E-state index in [0.717, 1.165) is 38.8 Å². The Bertz CT molecular complexity index is 300. The molecule has 1 amide bonds. The Kier molecular flexibility index (Phi) is 4.28. The third-order valence-corrected chi connectivity index (χ3v) is 4.18.